The van der Waals surface area contributed by atoms with Gasteiger partial charge in [0.15, 0.2) is 0 Å². The number of nitrogens with zero attached hydrogens (tertiary/aromatic N) is 6. The lowest BCUT2D eigenvalue weighted by molar-refractivity contribution is -0.130. The van der Waals surface area contributed by atoms with Gasteiger partial charge >= 0.3 is 0 Å². The summed E-state index contributed by atoms with van der Waals surface area (Å²) < 4.78 is 8.60. The summed E-state index contributed by atoms with van der Waals surface area (Å²) in [6.45, 7) is 0.340. The van der Waals surface area contributed by atoms with Gasteiger partial charge in [0.05, 0.1) is 18.3 Å². The Morgan fingerprint density at radius 2 is 2.16 bits per heavy atom. The molecule has 1 saturated carbocycles. The van der Waals surface area contributed by atoms with Crippen LogP contribution in [0.25, 0.3) is 0 Å². The lowest BCUT2D eigenvalue weighted by Crippen LogP contribution is -2.51. The predicted octanol–water partition coefficient (Wildman–Crippen LogP) is -1.23. The van der Waals surface area contributed by atoms with E-state index in [2.05, 4.69) is 31.3 Å². The van der Waals surface area contributed by atoms with Gasteiger partial charge < -0.3 is 20.5 Å². The van der Waals surface area contributed by atoms with Gasteiger partial charge in [0.25, 0.3) is 6.47 Å². The molecule has 0 radical (unpaired) electrons. The van der Waals surface area contributed by atoms with Crippen LogP contribution in [-0.4, -0.2) is 79.2 Å². The van der Waals surface area contributed by atoms with Crippen molar-refractivity contribution in [3.05, 3.63) is 24.3 Å². The molecule has 0 aromatic carbocycles. The molecule has 2 amide bonds. The number of hydrogen-bond donors (Lipinski definition) is 3. The van der Waals surface area contributed by atoms with Gasteiger partial charge in [0.2, 0.25) is 11.8 Å². The highest BCUT2D eigenvalue weighted by molar-refractivity contribution is 5.79. The Balaban J connectivity index is 0.00000107. The van der Waals surface area contributed by atoms with Crippen LogP contribution in [-0.2, 0) is 39.1 Å². The van der Waals surface area contributed by atoms with Crippen molar-refractivity contribution in [2.75, 3.05) is 13.7 Å². The van der Waals surface area contributed by atoms with Gasteiger partial charge in [-0.2, -0.15) is 5.10 Å². The molecule has 0 aliphatic heterocycles. The van der Waals surface area contributed by atoms with Crippen LogP contribution in [0.2, 0.25) is 0 Å². The maximum atomic E-state index is 12.6. The van der Waals surface area contributed by atoms with E-state index < -0.39 is 0 Å². The SMILES string of the molecule is CO[C@@H]1CC[C@H](C(=O)NCCc2cnn(C)c2)C[C@H]1NC(=O)Cn1cnnn1.O=CO. The first-order valence-electron chi connectivity index (χ1n) is 9.82. The zero-order valence-corrected chi connectivity index (χ0v) is 17.5. The minimum absolute atomic E-state index is 0.0122. The Bertz CT molecular complexity index is 825. The number of aromatic nitrogens is 6. The molecule has 170 valence electrons. The molecule has 31 heavy (non-hydrogen) atoms. The number of rotatable bonds is 8. The number of aryl methyl sites for hydroxylation is 1. The molecule has 3 rings (SSSR count). The van der Waals surface area contributed by atoms with Crippen molar-refractivity contribution in [2.45, 2.75) is 44.4 Å². The molecule has 2 heterocycles. The lowest BCUT2D eigenvalue weighted by atomic mass is 9.83. The Kier molecular flexibility index (Phi) is 9.55. The second-order valence-corrected chi connectivity index (χ2v) is 7.13. The number of tetrazole rings is 1. The number of ether oxygens (including phenoxy) is 1. The van der Waals surface area contributed by atoms with Gasteiger partial charge in [-0.15, -0.1) is 5.10 Å². The van der Waals surface area contributed by atoms with Crippen molar-refractivity contribution in [2.24, 2.45) is 13.0 Å². The van der Waals surface area contributed by atoms with Crippen LogP contribution in [0.4, 0.5) is 0 Å². The molecule has 0 saturated heterocycles. The molecule has 3 atom stereocenters. The first-order chi connectivity index (χ1) is 15.0. The summed E-state index contributed by atoms with van der Waals surface area (Å²) in [5.74, 6) is -0.353. The fourth-order valence-corrected chi connectivity index (χ4v) is 3.54. The van der Waals surface area contributed by atoms with E-state index in [4.69, 9.17) is 14.6 Å². The maximum Gasteiger partial charge on any atom is 0.290 e. The molecule has 1 fully saturated rings. The molecule has 3 N–H and O–H groups in total. The largest absolute Gasteiger partial charge is 0.483 e. The Morgan fingerprint density at radius 3 is 2.77 bits per heavy atom. The number of carbonyl (C=O) groups is 3. The van der Waals surface area contributed by atoms with Crippen molar-refractivity contribution >= 4 is 18.3 Å². The molecule has 2 aromatic heterocycles. The Labute approximate surface area is 179 Å². The van der Waals surface area contributed by atoms with Crippen molar-refractivity contribution in [1.82, 2.24) is 40.6 Å². The van der Waals surface area contributed by atoms with Gasteiger partial charge in [-0.1, -0.05) is 0 Å². The maximum absolute atomic E-state index is 12.6. The van der Waals surface area contributed by atoms with Gasteiger partial charge in [0.1, 0.15) is 12.9 Å². The average molecular weight is 436 g/mol. The summed E-state index contributed by atoms with van der Waals surface area (Å²) in [5.41, 5.74) is 1.08. The molecule has 1 aliphatic carbocycles. The first kappa shape index (κ1) is 23.9. The highest BCUT2D eigenvalue weighted by Gasteiger charge is 2.34. The molecule has 2 aromatic rings. The number of methoxy groups -OCH3 is 1. The number of hydrogen-bond acceptors (Lipinski definition) is 8. The molecule has 0 bridgehead atoms. The minimum atomic E-state index is -0.250. The van der Waals surface area contributed by atoms with Gasteiger partial charge in [0, 0.05) is 32.8 Å². The highest BCUT2D eigenvalue weighted by Crippen LogP contribution is 2.26. The summed E-state index contributed by atoms with van der Waals surface area (Å²) in [4.78, 5) is 33.2. The highest BCUT2D eigenvalue weighted by atomic mass is 16.5. The van der Waals surface area contributed by atoms with Crippen LogP contribution in [0.5, 0.6) is 0 Å². The normalized spacial score (nSPS) is 20.3. The molecule has 13 heteroatoms. The number of carboxylic acid groups (broad SMARTS) is 1. The zero-order chi connectivity index (χ0) is 22.6. The number of nitrogens with one attached hydrogen (secondary N) is 2. The van der Waals surface area contributed by atoms with Crippen molar-refractivity contribution in [3.63, 3.8) is 0 Å². The fraction of sp³-hybridized carbons (Fsp3) is 0.611. The van der Waals surface area contributed by atoms with E-state index in [1.54, 1.807) is 18.0 Å². The monoisotopic (exact) mass is 436 g/mol. The summed E-state index contributed by atoms with van der Waals surface area (Å²) in [5, 5.41) is 27.7. The predicted molar refractivity (Wildman–Crippen MR) is 107 cm³/mol. The second-order valence-electron chi connectivity index (χ2n) is 7.13. The zero-order valence-electron chi connectivity index (χ0n) is 17.5. The van der Waals surface area contributed by atoms with E-state index in [0.29, 0.717) is 19.4 Å². The summed E-state index contributed by atoms with van der Waals surface area (Å²) in [6.07, 6.45) is 7.73. The van der Waals surface area contributed by atoms with Crippen LogP contribution >= 0.6 is 0 Å². The smallest absolute Gasteiger partial charge is 0.290 e. The Hall–Kier alpha value is -3.35. The van der Waals surface area contributed by atoms with E-state index in [1.165, 1.54) is 11.0 Å². The van der Waals surface area contributed by atoms with Crippen molar-refractivity contribution in [3.8, 4) is 0 Å². The van der Waals surface area contributed by atoms with Gasteiger partial charge in [-0.05, 0) is 41.7 Å². The number of amides is 2. The molecule has 13 nitrogen and oxygen atoms in total. The minimum Gasteiger partial charge on any atom is -0.483 e. The average Bonchev–Trinajstić information content (AvgIpc) is 3.40. The summed E-state index contributed by atoms with van der Waals surface area (Å²) >= 11 is 0. The third-order valence-corrected chi connectivity index (χ3v) is 4.98. The molecule has 0 unspecified atom stereocenters. The number of carbonyl (C=O) groups excluding carboxylic acids is 2. The van der Waals surface area contributed by atoms with E-state index in [1.807, 2.05) is 13.2 Å². The molecular weight excluding hydrogens is 408 g/mol. The topological polar surface area (TPSA) is 166 Å². The third kappa shape index (κ3) is 7.77. The standard InChI is InChI=1S/C17H26N8O3.CH2O2/c1-24-9-12(8-20-24)5-6-18-17(27)13-3-4-15(28-2)14(7-13)21-16(26)10-25-11-19-22-23-25;2-1-3/h8-9,11,13-15H,3-7,10H2,1-2H3,(H,18,27)(H,21,26);1H,(H,2,3)/t13-,14+,15+;/m0./s1. The van der Waals surface area contributed by atoms with Crippen LogP contribution < -0.4 is 10.6 Å². The second kappa shape index (κ2) is 12.4. The lowest BCUT2D eigenvalue weighted by Gasteiger charge is -2.35. The van der Waals surface area contributed by atoms with Gasteiger partial charge in [-0.25, -0.2) is 4.68 Å². The van der Waals surface area contributed by atoms with Crippen molar-refractivity contribution in [1.29, 1.82) is 0 Å². The van der Waals surface area contributed by atoms with Crippen LogP contribution in [0.15, 0.2) is 18.7 Å². The van der Waals surface area contributed by atoms with Crippen LogP contribution in [0, 0.1) is 5.92 Å². The fourth-order valence-electron chi connectivity index (χ4n) is 3.54. The van der Waals surface area contributed by atoms with E-state index in [0.717, 1.165) is 18.4 Å². The quantitative estimate of drug-likeness (QED) is 0.429. The summed E-state index contributed by atoms with van der Waals surface area (Å²) in [6, 6.07) is -0.225. The molecule has 0 spiro atoms. The Morgan fingerprint density at radius 1 is 1.39 bits per heavy atom. The van der Waals surface area contributed by atoms with Crippen LogP contribution in [0.3, 0.4) is 0 Å². The molecular formula is C18H28N8O5. The van der Waals surface area contributed by atoms with E-state index in [9.17, 15) is 9.59 Å². The summed E-state index contributed by atoms with van der Waals surface area (Å²) in [7, 11) is 3.49. The van der Waals surface area contributed by atoms with Gasteiger partial charge in [-0.3, -0.25) is 19.1 Å². The van der Waals surface area contributed by atoms with E-state index in [-0.39, 0.29) is 42.9 Å². The van der Waals surface area contributed by atoms with Crippen LogP contribution in [0.1, 0.15) is 24.8 Å². The third-order valence-electron chi connectivity index (χ3n) is 4.98. The first-order valence-corrected chi connectivity index (χ1v) is 9.82. The van der Waals surface area contributed by atoms with Crippen molar-refractivity contribution < 1.29 is 24.2 Å². The van der Waals surface area contributed by atoms with E-state index >= 15 is 0 Å². The molecule has 1 aliphatic rings.